The third kappa shape index (κ3) is 1.95. The third-order valence-corrected chi connectivity index (χ3v) is 4.10. The van der Waals surface area contributed by atoms with E-state index in [4.69, 9.17) is 4.98 Å². The quantitative estimate of drug-likeness (QED) is 0.731. The minimum Gasteiger partial charge on any atom is -0.342 e. The molecule has 0 fully saturated rings. The predicted octanol–water partition coefficient (Wildman–Crippen LogP) is 3.17. The fourth-order valence-corrected chi connectivity index (χ4v) is 2.97. The summed E-state index contributed by atoms with van der Waals surface area (Å²) in [5.41, 5.74) is 5.12. The lowest BCUT2D eigenvalue weighted by Gasteiger charge is -2.18. The molecule has 0 saturated heterocycles. The number of hydrogen-bond donors (Lipinski definition) is 1. The van der Waals surface area contributed by atoms with E-state index in [1.807, 2.05) is 12.1 Å². The number of benzene rings is 2. The summed E-state index contributed by atoms with van der Waals surface area (Å²) in [6, 6.07) is 17.0. The molecular weight excluding hydrogens is 246 g/mol. The van der Waals surface area contributed by atoms with Crippen LogP contribution < -0.4 is 4.90 Å². The molecule has 1 aliphatic rings. The fraction of sp³-hybridized carbons (Fsp3) is 0.235. The van der Waals surface area contributed by atoms with Crippen LogP contribution in [0.4, 0.5) is 5.95 Å². The van der Waals surface area contributed by atoms with Crippen LogP contribution in [-0.4, -0.2) is 23.1 Å². The molecule has 1 aliphatic heterocycles. The van der Waals surface area contributed by atoms with E-state index in [9.17, 15) is 0 Å². The number of hydrogen-bond acceptors (Lipinski definition) is 2. The molecule has 0 aliphatic carbocycles. The first-order valence-corrected chi connectivity index (χ1v) is 7.17. The number of aromatic nitrogens is 2. The van der Waals surface area contributed by atoms with Gasteiger partial charge in [-0.25, -0.2) is 4.98 Å². The SMILES string of the molecule is c1ccc2c(c1)CCN(c1nc3ccccc3[nH]1)CC2. The fourth-order valence-electron chi connectivity index (χ4n) is 2.97. The molecule has 2 aromatic carbocycles. The van der Waals surface area contributed by atoms with Crippen molar-refractivity contribution in [2.45, 2.75) is 12.8 Å². The molecule has 3 aromatic rings. The van der Waals surface area contributed by atoms with Crippen LogP contribution in [0.25, 0.3) is 11.0 Å². The second kappa shape index (κ2) is 4.67. The van der Waals surface area contributed by atoms with E-state index in [0.717, 1.165) is 42.9 Å². The molecule has 0 spiro atoms. The van der Waals surface area contributed by atoms with Crippen LogP contribution in [0.2, 0.25) is 0 Å². The lowest BCUT2D eigenvalue weighted by molar-refractivity contribution is 0.782. The summed E-state index contributed by atoms with van der Waals surface area (Å²) in [6.07, 6.45) is 2.18. The van der Waals surface area contributed by atoms with E-state index in [0.29, 0.717) is 0 Å². The summed E-state index contributed by atoms with van der Waals surface area (Å²) < 4.78 is 0. The predicted molar refractivity (Wildman–Crippen MR) is 82.2 cm³/mol. The summed E-state index contributed by atoms with van der Waals surface area (Å²) in [5.74, 6) is 0.999. The van der Waals surface area contributed by atoms with Gasteiger partial charge in [0.2, 0.25) is 5.95 Å². The van der Waals surface area contributed by atoms with Crippen molar-refractivity contribution in [3.05, 3.63) is 59.7 Å². The Hall–Kier alpha value is -2.29. The second-order valence-electron chi connectivity index (χ2n) is 5.33. The highest BCUT2D eigenvalue weighted by molar-refractivity contribution is 5.77. The van der Waals surface area contributed by atoms with Crippen molar-refractivity contribution in [3.63, 3.8) is 0 Å². The third-order valence-electron chi connectivity index (χ3n) is 4.10. The summed E-state index contributed by atoms with van der Waals surface area (Å²) in [4.78, 5) is 10.5. The number of H-pyrrole nitrogens is 1. The van der Waals surface area contributed by atoms with Crippen molar-refractivity contribution in [1.82, 2.24) is 9.97 Å². The highest BCUT2D eigenvalue weighted by Gasteiger charge is 2.16. The molecule has 1 N–H and O–H groups in total. The van der Waals surface area contributed by atoms with Crippen molar-refractivity contribution in [3.8, 4) is 0 Å². The Labute approximate surface area is 118 Å². The minimum absolute atomic E-state index is 0.999. The average molecular weight is 263 g/mol. The number of imidazole rings is 1. The lowest BCUT2D eigenvalue weighted by Crippen LogP contribution is -2.26. The van der Waals surface area contributed by atoms with Crippen molar-refractivity contribution < 1.29 is 0 Å². The zero-order valence-electron chi connectivity index (χ0n) is 11.3. The maximum atomic E-state index is 4.71. The van der Waals surface area contributed by atoms with E-state index < -0.39 is 0 Å². The second-order valence-corrected chi connectivity index (χ2v) is 5.33. The van der Waals surface area contributed by atoms with Gasteiger partial charge in [-0.3, -0.25) is 0 Å². The topological polar surface area (TPSA) is 31.9 Å². The van der Waals surface area contributed by atoms with Crippen molar-refractivity contribution in [2.24, 2.45) is 0 Å². The number of nitrogens with zero attached hydrogens (tertiary/aromatic N) is 2. The average Bonchev–Trinajstić information content (AvgIpc) is 2.80. The molecule has 4 rings (SSSR count). The normalized spacial score (nSPS) is 15.1. The Balaban J connectivity index is 1.64. The van der Waals surface area contributed by atoms with Crippen LogP contribution in [0.3, 0.4) is 0 Å². The monoisotopic (exact) mass is 263 g/mol. The van der Waals surface area contributed by atoms with Gasteiger partial charge < -0.3 is 9.88 Å². The lowest BCUT2D eigenvalue weighted by atomic mass is 10.0. The zero-order chi connectivity index (χ0) is 13.4. The molecule has 20 heavy (non-hydrogen) atoms. The molecule has 3 nitrogen and oxygen atoms in total. The van der Waals surface area contributed by atoms with E-state index >= 15 is 0 Å². The van der Waals surface area contributed by atoms with Crippen molar-refractivity contribution in [2.75, 3.05) is 18.0 Å². The zero-order valence-corrected chi connectivity index (χ0v) is 11.3. The molecule has 0 bridgehead atoms. The van der Waals surface area contributed by atoms with Crippen LogP contribution >= 0.6 is 0 Å². The largest absolute Gasteiger partial charge is 0.342 e. The number of fused-ring (bicyclic) bond motifs is 2. The smallest absolute Gasteiger partial charge is 0.203 e. The number of para-hydroxylation sites is 2. The Morgan fingerprint density at radius 2 is 1.50 bits per heavy atom. The Morgan fingerprint density at radius 3 is 2.20 bits per heavy atom. The van der Waals surface area contributed by atoms with Gasteiger partial charge in [0, 0.05) is 13.1 Å². The van der Waals surface area contributed by atoms with Gasteiger partial charge in [-0.15, -0.1) is 0 Å². The molecule has 3 heteroatoms. The van der Waals surface area contributed by atoms with Crippen LogP contribution in [0.1, 0.15) is 11.1 Å². The molecule has 0 atom stereocenters. The molecule has 0 radical (unpaired) electrons. The van der Waals surface area contributed by atoms with Crippen LogP contribution in [-0.2, 0) is 12.8 Å². The van der Waals surface area contributed by atoms with E-state index in [-0.39, 0.29) is 0 Å². The number of rotatable bonds is 1. The van der Waals surface area contributed by atoms with Crippen LogP contribution in [0.5, 0.6) is 0 Å². The molecule has 2 heterocycles. The highest BCUT2D eigenvalue weighted by Crippen LogP contribution is 2.21. The van der Waals surface area contributed by atoms with Crippen LogP contribution in [0.15, 0.2) is 48.5 Å². The molecule has 1 aromatic heterocycles. The van der Waals surface area contributed by atoms with Crippen molar-refractivity contribution in [1.29, 1.82) is 0 Å². The minimum atomic E-state index is 0.999. The molecule has 0 unspecified atom stereocenters. The first-order valence-electron chi connectivity index (χ1n) is 7.17. The summed E-state index contributed by atoms with van der Waals surface area (Å²) >= 11 is 0. The Morgan fingerprint density at radius 1 is 0.850 bits per heavy atom. The van der Waals surface area contributed by atoms with Gasteiger partial charge in [0.05, 0.1) is 11.0 Å². The van der Waals surface area contributed by atoms with Crippen LogP contribution in [0, 0.1) is 0 Å². The van der Waals surface area contributed by atoms with Gasteiger partial charge in [-0.05, 0) is 36.1 Å². The standard InChI is InChI=1S/C17H17N3/c1-2-6-14-10-12-20(11-9-13(14)5-1)17-18-15-7-3-4-8-16(15)19-17/h1-8H,9-12H2,(H,18,19). The summed E-state index contributed by atoms with van der Waals surface area (Å²) in [7, 11) is 0. The summed E-state index contributed by atoms with van der Waals surface area (Å²) in [6.45, 7) is 2.05. The number of aromatic amines is 1. The molecule has 0 saturated carbocycles. The van der Waals surface area contributed by atoms with Gasteiger partial charge >= 0.3 is 0 Å². The maximum absolute atomic E-state index is 4.71. The van der Waals surface area contributed by atoms with Gasteiger partial charge in [-0.1, -0.05) is 36.4 Å². The summed E-state index contributed by atoms with van der Waals surface area (Å²) in [5, 5.41) is 0. The van der Waals surface area contributed by atoms with Crippen molar-refractivity contribution >= 4 is 17.0 Å². The Bertz CT molecular complexity index is 685. The van der Waals surface area contributed by atoms with Gasteiger partial charge in [0.15, 0.2) is 0 Å². The maximum Gasteiger partial charge on any atom is 0.203 e. The van der Waals surface area contributed by atoms with Gasteiger partial charge in [0.1, 0.15) is 0 Å². The number of nitrogens with one attached hydrogen (secondary N) is 1. The molecule has 100 valence electrons. The van der Waals surface area contributed by atoms with Gasteiger partial charge in [0.25, 0.3) is 0 Å². The first kappa shape index (κ1) is 11.5. The highest BCUT2D eigenvalue weighted by atomic mass is 15.3. The molecule has 0 amide bonds. The van der Waals surface area contributed by atoms with Gasteiger partial charge in [-0.2, -0.15) is 0 Å². The Kier molecular flexibility index (Phi) is 2.69. The molecular formula is C17H17N3. The van der Waals surface area contributed by atoms with E-state index in [2.05, 4.69) is 46.3 Å². The van der Waals surface area contributed by atoms with E-state index in [1.165, 1.54) is 11.1 Å². The number of anilines is 1. The first-order chi connectivity index (χ1) is 9.90. The van der Waals surface area contributed by atoms with E-state index in [1.54, 1.807) is 0 Å².